The smallest absolute Gasteiger partial charge is 0.223 e. The number of likely N-dealkylation sites (tertiary alicyclic amines) is 1. The molecule has 1 fully saturated rings. The van der Waals surface area contributed by atoms with Crippen molar-refractivity contribution in [2.75, 3.05) is 12.3 Å². The number of rotatable bonds is 4. The molecule has 3 rings (SSSR count). The fourth-order valence-corrected chi connectivity index (χ4v) is 2.86. The fraction of sp³-hybridized carbons (Fsp3) is 0.333. The van der Waals surface area contributed by atoms with Gasteiger partial charge in [-0.05, 0) is 29.4 Å². The molecule has 1 amide bonds. The van der Waals surface area contributed by atoms with Crippen LogP contribution in [0.5, 0.6) is 0 Å². The number of aromatic nitrogens is 2. The van der Waals surface area contributed by atoms with E-state index in [-0.39, 0.29) is 5.91 Å². The minimum atomic E-state index is 0.222. The van der Waals surface area contributed by atoms with Crippen LogP contribution in [0.2, 0.25) is 0 Å². The van der Waals surface area contributed by atoms with Crippen molar-refractivity contribution in [3.05, 3.63) is 48.3 Å². The highest BCUT2D eigenvalue weighted by Crippen LogP contribution is 2.23. The van der Waals surface area contributed by atoms with E-state index in [1.807, 2.05) is 40.0 Å². The van der Waals surface area contributed by atoms with Crippen LogP contribution in [0.25, 0.3) is 5.69 Å². The van der Waals surface area contributed by atoms with Crippen LogP contribution in [-0.4, -0.2) is 32.9 Å². The van der Waals surface area contributed by atoms with Crippen LogP contribution in [0.4, 0.5) is 0 Å². The van der Waals surface area contributed by atoms with Crippen molar-refractivity contribution in [2.24, 2.45) is 5.92 Å². The predicted octanol–water partition coefficient (Wildman–Crippen LogP) is 2.15. The molecule has 2 aromatic rings. The third-order valence-electron chi connectivity index (χ3n) is 3.66. The first-order valence-electron chi connectivity index (χ1n) is 6.74. The first kappa shape index (κ1) is 13.2. The van der Waals surface area contributed by atoms with E-state index in [0.717, 1.165) is 23.5 Å². The van der Waals surface area contributed by atoms with E-state index in [2.05, 4.69) is 23.8 Å². The number of carbonyl (C=O) groups excluding carboxylic acids is 1. The molecule has 0 spiro atoms. The molecule has 4 nitrogen and oxygen atoms in total. The van der Waals surface area contributed by atoms with Gasteiger partial charge in [0.25, 0.3) is 0 Å². The Bertz CT molecular complexity index is 597. The summed E-state index contributed by atoms with van der Waals surface area (Å²) >= 11 is 4.30. The highest BCUT2D eigenvalue weighted by molar-refractivity contribution is 7.80. The molecule has 1 aliphatic rings. The van der Waals surface area contributed by atoms with Crippen LogP contribution in [0.1, 0.15) is 12.0 Å². The summed E-state index contributed by atoms with van der Waals surface area (Å²) in [5.74, 6) is 1.37. The number of benzene rings is 1. The molecule has 5 heteroatoms. The summed E-state index contributed by atoms with van der Waals surface area (Å²) in [7, 11) is 0. The van der Waals surface area contributed by atoms with Gasteiger partial charge in [-0.1, -0.05) is 18.2 Å². The van der Waals surface area contributed by atoms with E-state index < -0.39 is 0 Å². The van der Waals surface area contributed by atoms with E-state index in [1.165, 1.54) is 0 Å². The lowest BCUT2D eigenvalue weighted by atomic mass is 10.1. The number of hydrogen-bond donors (Lipinski definition) is 1. The summed E-state index contributed by atoms with van der Waals surface area (Å²) in [6.45, 7) is 1.44. The topological polar surface area (TPSA) is 38.1 Å². The lowest BCUT2D eigenvalue weighted by Crippen LogP contribution is -2.25. The Morgan fingerprint density at radius 1 is 1.30 bits per heavy atom. The molecule has 0 N–H and O–H groups in total. The zero-order chi connectivity index (χ0) is 13.9. The molecule has 1 saturated heterocycles. The van der Waals surface area contributed by atoms with Gasteiger partial charge in [0.2, 0.25) is 5.91 Å². The third kappa shape index (κ3) is 2.58. The molecular weight excluding hydrogens is 270 g/mol. The zero-order valence-electron chi connectivity index (χ0n) is 11.1. The molecule has 104 valence electrons. The number of hydrogen-bond acceptors (Lipinski definition) is 3. The van der Waals surface area contributed by atoms with Crippen molar-refractivity contribution in [1.29, 1.82) is 0 Å². The van der Waals surface area contributed by atoms with Crippen molar-refractivity contribution in [2.45, 2.75) is 13.0 Å². The highest BCUT2D eigenvalue weighted by Gasteiger charge is 2.28. The molecule has 1 aliphatic heterocycles. The SMILES string of the molecule is O=C1CC(CS)CN1Cc1ccccc1-n1cccn1. The Hall–Kier alpha value is -1.75. The summed E-state index contributed by atoms with van der Waals surface area (Å²) in [6, 6.07) is 9.97. The molecule has 1 atom stereocenters. The average molecular weight is 287 g/mol. The summed E-state index contributed by atoms with van der Waals surface area (Å²) in [4.78, 5) is 13.9. The second kappa shape index (κ2) is 5.71. The Morgan fingerprint density at radius 3 is 2.85 bits per heavy atom. The summed E-state index contributed by atoms with van der Waals surface area (Å²) < 4.78 is 1.84. The average Bonchev–Trinajstić information content (AvgIpc) is 3.10. The summed E-state index contributed by atoms with van der Waals surface area (Å²) in [5, 5.41) is 4.27. The largest absolute Gasteiger partial charge is 0.338 e. The van der Waals surface area contributed by atoms with Crippen molar-refractivity contribution >= 4 is 18.5 Å². The van der Waals surface area contributed by atoms with Crippen molar-refractivity contribution in [3.8, 4) is 5.69 Å². The molecule has 20 heavy (non-hydrogen) atoms. The first-order chi connectivity index (χ1) is 9.78. The summed E-state index contributed by atoms with van der Waals surface area (Å²) in [5.41, 5.74) is 2.14. The van der Waals surface area contributed by atoms with Gasteiger partial charge in [0, 0.05) is 31.9 Å². The standard InChI is InChI=1S/C15H17N3OS/c19-15-8-12(11-20)9-17(15)10-13-4-1-2-5-14(13)18-7-3-6-16-18/h1-7,12,20H,8-11H2. The van der Waals surface area contributed by atoms with E-state index in [4.69, 9.17) is 0 Å². The molecule has 0 bridgehead atoms. The fourth-order valence-electron chi connectivity index (χ4n) is 2.61. The lowest BCUT2D eigenvalue weighted by Gasteiger charge is -2.18. The van der Waals surface area contributed by atoms with Gasteiger partial charge in [-0.3, -0.25) is 4.79 Å². The van der Waals surface area contributed by atoms with E-state index in [1.54, 1.807) is 6.20 Å². The normalized spacial score (nSPS) is 18.8. The second-order valence-corrected chi connectivity index (χ2v) is 5.47. The van der Waals surface area contributed by atoms with Crippen LogP contribution in [-0.2, 0) is 11.3 Å². The van der Waals surface area contributed by atoms with Crippen LogP contribution in [0.15, 0.2) is 42.7 Å². The first-order valence-corrected chi connectivity index (χ1v) is 7.37. The molecule has 0 saturated carbocycles. The van der Waals surface area contributed by atoms with Gasteiger partial charge in [0.05, 0.1) is 5.69 Å². The maximum atomic E-state index is 12.0. The highest BCUT2D eigenvalue weighted by atomic mass is 32.1. The quantitative estimate of drug-likeness (QED) is 0.875. The minimum Gasteiger partial charge on any atom is -0.338 e. The number of amides is 1. The van der Waals surface area contributed by atoms with Gasteiger partial charge in [-0.15, -0.1) is 0 Å². The van der Waals surface area contributed by atoms with E-state index in [0.29, 0.717) is 18.9 Å². The number of para-hydroxylation sites is 1. The van der Waals surface area contributed by atoms with Crippen LogP contribution < -0.4 is 0 Å². The van der Waals surface area contributed by atoms with Gasteiger partial charge >= 0.3 is 0 Å². The molecular formula is C15H17N3OS. The lowest BCUT2D eigenvalue weighted by molar-refractivity contribution is -0.128. The van der Waals surface area contributed by atoms with E-state index >= 15 is 0 Å². The second-order valence-electron chi connectivity index (χ2n) is 5.11. The minimum absolute atomic E-state index is 0.222. The van der Waals surface area contributed by atoms with Gasteiger partial charge in [0.15, 0.2) is 0 Å². The maximum Gasteiger partial charge on any atom is 0.223 e. The van der Waals surface area contributed by atoms with Crippen LogP contribution in [0, 0.1) is 5.92 Å². The Morgan fingerprint density at radius 2 is 2.15 bits per heavy atom. The van der Waals surface area contributed by atoms with Crippen molar-refractivity contribution in [1.82, 2.24) is 14.7 Å². The third-order valence-corrected chi connectivity index (χ3v) is 4.17. The maximum absolute atomic E-state index is 12.0. The number of carbonyl (C=O) groups is 1. The van der Waals surface area contributed by atoms with Crippen LogP contribution >= 0.6 is 12.6 Å². The summed E-state index contributed by atoms with van der Waals surface area (Å²) in [6.07, 6.45) is 4.29. The molecule has 2 heterocycles. The molecule has 0 aliphatic carbocycles. The van der Waals surface area contributed by atoms with Crippen molar-refractivity contribution < 1.29 is 4.79 Å². The Labute approximate surface area is 123 Å². The molecule has 1 aromatic heterocycles. The van der Waals surface area contributed by atoms with Gasteiger partial charge in [0.1, 0.15) is 0 Å². The Kier molecular flexibility index (Phi) is 3.78. The zero-order valence-corrected chi connectivity index (χ0v) is 12.0. The predicted molar refractivity (Wildman–Crippen MR) is 80.9 cm³/mol. The number of thiol groups is 1. The van der Waals surface area contributed by atoms with Crippen LogP contribution in [0.3, 0.4) is 0 Å². The van der Waals surface area contributed by atoms with Crippen molar-refractivity contribution in [3.63, 3.8) is 0 Å². The Balaban J connectivity index is 1.83. The van der Waals surface area contributed by atoms with Gasteiger partial charge in [-0.25, -0.2) is 4.68 Å². The monoisotopic (exact) mass is 287 g/mol. The number of nitrogens with zero attached hydrogens (tertiary/aromatic N) is 3. The van der Waals surface area contributed by atoms with Gasteiger partial charge < -0.3 is 4.90 Å². The van der Waals surface area contributed by atoms with Gasteiger partial charge in [-0.2, -0.15) is 17.7 Å². The molecule has 1 aromatic carbocycles. The molecule has 0 radical (unpaired) electrons. The van der Waals surface area contributed by atoms with E-state index in [9.17, 15) is 4.79 Å². The molecule has 1 unspecified atom stereocenters.